The number of hydrazone groups is 1. The van der Waals surface area contributed by atoms with Crippen LogP contribution < -0.4 is 0 Å². The summed E-state index contributed by atoms with van der Waals surface area (Å²) < 4.78 is 7.11. The molecule has 174 valence electrons. The second kappa shape index (κ2) is 7.52. The summed E-state index contributed by atoms with van der Waals surface area (Å²) in [7, 11) is 0. The maximum Gasteiger partial charge on any atom is 0.338 e. The summed E-state index contributed by atoms with van der Waals surface area (Å²) in [5.74, 6) is 0.404. The number of rotatable bonds is 5. The quantitative estimate of drug-likeness (QED) is 0.297. The smallest absolute Gasteiger partial charge is 0.338 e. The maximum absolute atomic E-state index is 13.2. The normalized spacial score (nSPS) is 30.7. The van der Waals surface area contributed by atoms with Gasteiger partial charge >= 0.3 is 5.97 Å². The molecule has 34 heavy (non-hydrogen) atoms. The number of aryl methyl sites for hydroxylation is 1. The number of carbonyl (C=O) groups is 3. The van der Waals surface area contributed by atoms with Crippen molar-refractivity contribution in [3.05, 3.63) is 65.0 Å². The summed E-state index contributed by atoms with van der Waals surface area (Å²) >= 11 is 0. The highest BCUT2D eigenvalue weighted by Gasteiger charge is 2.67. The fourth-order valence-electron chi connectivity index (χ4n) is 6.45. The van der Waals surface area contributed by atoms with E-state index in [0.717, 1.165) is 34.1 Å². The molecule has 7 nitrogen and oxygen atoms in total. The van der Waals surface area contributed by atoms with Gasteiger partial charge in [0.2, 0.25) is 0 Å². The van der Waals surface area contributed by atoms with E-state index in [1.54, 1.807) is 25.3 Å². The number of nitrogens with zero attached hydrogens (tertiary/aromatic N) is 3. The van der Waals surface area contributed by atoms with E-state index in [9.17, 15) is 14.4 Å². The van der Waals surface area contributed by atoms with Crippen LogP contribution in [-0.2, 0) is 14.3 Å². The minimum atomic E-state index is -0.343. The van der Waals surface area contributed by atoms with Gasteiger partial charge in [0.05, 0.1) is 30.2 Å². The second-order valence-electron chi connectivity index (χ2n) is 9.82. The molecule has 2 bridgehead atoms. The van der Waals surface area contributed by atoms with Crippen LogP contribution in [-0.4, -0.2) is 40.2 Å². The molecule has 1 saturated heterocycles. The SMILES string of the molecule is CCOC(=O)c1ccc(-n2c(C)cc(/C=N\N3C(=O)[C@@H]4[C@H]5C=C[C@@H]([C@@H]6C[C@H]56)[C@@H]4C3=O)c2C)cc1. The number of ether oxygens (including phenoxy) is 1. The van der Waals surface area contributed by atoms with Gasteiger partial charge in [0, 0.05) is 22.6 Å². The molecule has 2 amide bonds. The molecule has 0 N–H and O–H groups in total. The van der Waals surface area contributed by atoms with Gasteiger partial charge in [0.15, 0.2) is 0 Å². The molecule has 2 aromatic rings. The zero-order valence-electron chi connectivity index (χ0n) is 19.5. The standard InChI is InChI=1S/C27H27N3O4/c1-4-34-27(33)16-5-7-18(8-6-16)29-14(2)11-17(15(29)3)13-28-30-25(31)23-19-9-10-20(22-12-21(19)22)24(23)26(30)32/h5-11,13,19-24H,4,12H2,1-3H3/b28-13-/t19-,20-,21-,22+,23-,24+/m0/s1. The molecule has 1 aliphatic heterocycles. The molecule has 4 aliphatic carbocycles. The van der Waals surface area contributed by atoms with E-state index in [0.29, 0.717) is 24.0 Å². The fourth-order valence-corrected chi connectivity index (χ4v) is 6.45. The number of hydrogen-bond donors (Lipinski definition) is 0. The van der Waals surface area contributed by atoms with E-state index in [-0.39, 0.29) is 41.5 Å². The lowest BCUT2D eigenvalue weighted by Gasteiger charge is -2.37. The first-order valence-corrected chi connectivity index (χ1v) is 12.0. The highest BCUT2D eigenvalue weighted by atomic mass is 16.5. The number of allylic oxidation sites excluding steroid dienone is 2. The molecule has 2 heterocycles. The third-order valence-corrected chi connectivity index (χ3v) is 8.06. The molecular weight excluding hydrogens is 430 g/mol. The summed E-state index contributed by atoms with van der Waals surface area (Å²) in [6.07, 6.45) is 7.10. The molecule has 0 unspecified atom stereocenters. The average molecular weight is 458 g/mol. The van der Waals surface area contributed by atoms with Crippen LogP contribution in [0.2, 0.25) is 0 Å². The predicted molar refractivity (Wildman–Crippen MR) is 125 cm³/mol. The molecule has 7 heteroatoms. The first-order valence-electron chi connectivity index (χ1n) is 12.0. The lowest BCUT2D eigenvalue weighted by atomic mass is 9.63. The third kappa shape index (κ3) is 2.95. The van der Waals surface area contributed by atoms with Crippen LogP contribution in [0, 0.1) is 49.4 Å². The van der Waals surface area contributed by atoms with Crippen LogP contribution in [0.25, 0.3) is 5.69 Å². The minimum absolute atomic E-state index is 0.153. The van der Waals surface area contributed by atoms with Crippen molar-refractivity contribution in [1.29, 1.82) is 0 Å². The predicted octanol–water partition coefficient (Wildman–Crippen LogP) is 3.66. The Morgan fingerprint density at radius 2 is 1.68 bits per heavy atom. The van der Waals surface area contributed by atoms with Gasteiger partial charge < -0.3 is 9.30 Å². The van der Waals surface area contributed by atoms with Crippen LogP contribution in [0.15, 0.2) is 47.6 Å². The van der Waals surface area contributed by atoms with Gasteiger partial charge in [-0.1, -0.05) is 12.2 Å². The Kier molecular flexibility index (Phi) is 4.66. The number of amides is 2. The van der Waals surface area contributed by atoms with Crippen molar-refractivity contribution in [1.82, 2.24) is 9.58 Å². The highest BCUT2D eigenvalue weighted by molar-refractivity contribution is 6.06. The molecular formula is C27H27N3O4. The largest absolute Gasteiger partial charge is 0.462 e. The molecule has 3 fully saturated rings. The van der Waals surface area contributed by atoms with E-state index >= 15 is 0 Å². The molecule has 1 aromatic carbocycles. The van der Waals surface area contributed by atoms with Gasteiger partial charge in [0.25, 0.3) is 11.8 Å². The second-order valence-corrected chi connectivity index (χ2v) is 9.82. The van der Waals surface area contributed by atoms with Crippen molar-refractivity contribution in [3.8, 4) is 5.69 Å². The molecule has 6 atom stereocenters. The van der Waals surface area contributed by atoms with Gasteiger partial charge in [-0.15, -0.1) is 0 Å². The fraction of sp³-hybridized carbons (Fsp3) is 0.407. The zero-order valence-corrected chi connectivity index (χ0v) is 19.5. The van der Waals surface area contributed by atoms with Crippen molar-refractivity contribution in [2.75, 3.05) is 6.61 Å². The number of carbonyl (C=O) groups excluding carboxylic acids is 3. The molecule has 7 rings (SSSR count). The Morgan fingerprint density at radius 3 is 2.26 bits per heavy atom. The lowest BCUT2D eigenvalue weighted by molar-refractivity contribution is -0.140. The lowest BCUT2D eigenvalue weighted by Crippen LogP contribution is -2.40. The summed E-state index contributed by atoms with van der Waals surface area (Å²) in [5, 5.41) is 5.51. The van der Waals surface area contributed by atoms with E-state index in [4.69, 9.17) is 4.74 Å². The Labute approximate surface area is 198 Å². The summed E-state index contributed by atoms with van der Waals surface area (Å²) in [6.45, 7) is 6.07. The monoisotopic (exact) mass is 457 g/mol. The van der Waals surface area contributed by atoms with E-state index in [1.807, 2.05) is 32.0 Å². The highest BCUT2D eigenvalue weighted by Crippen LogP contribution is 2.65. The Bertz CT molecular complexity index is 1240. The van der Waals surface area contributed by atoms with Gasteiger partial charge in [-0.2, -0.15) is 10.1 Å². The number of esters is 1. The number of aromatic nitrogens is 1. The van der Waals surface area contributed by atoms with Crippen molar-refractivity contribution in [3.63, 3.8) is 0 Å². The van der Waals surface area contributed by atoms with Gasteiger partial charge in [-0.25, -0.2) is 4.79 Å². The van der Waals surface area contributed by atoms with Crippen molar-refractivity contribution < 1.29 is 19.1 Å². The number of hydrogen-bond acceptors (Lipinski definition) is 5. The third-order valence-electron chi connectivity index (χ3n) is 8.06. The molecule has 0 radical (unpaired) electrons. The maximum atomic E-state index is 13.2. The van der Waals surface area contributed by atoms with Crippen molar-refractivity contribution in [2.45, 2.75) is 27.2 Å². The number of imide groups is 1. The molecule has 2 saturated carbocycles. The van der Waals surface area contributed by atoms with Crippen LogP contribution in [0.5, 0.6) is 0 Å². The van der Waals surface area contributed by atoms with Gasteiger partial charge in [0.1, 0.15) is 0 Å². The van der Waals surface area contributed by atoms with E-state index < -0.39 is 0 Å². The average Bonchev–Trinajstić information content (AvgIpc) is 3.56. The first kappa shape index (κ1) is 21.1. The summed E-state index contributed by atoms with van der Waals surface area (Å²) in [4.78, 5) is 38.2. The van der Waals surface area contributed by atoms with E-state index in [2.05, 4.69) is 21.8 Å². The minimum Gasteiger partial charge on any atom is -0.462 e. The summed E-state index contributed by atoms with van der Waals surface area (Å²) in [5.41, 5.74) is 4.17. The Hall–Kier alpha value is -3.48. The Morgan fingerprint density at radius 1 is 1.06 bits per heavy atom. The topological polar surface area (TPSA) is 81.0 Å². The van der Waals surface area contributed by atoms with Crippen LogP contribution in [0.3, 0.4) is 0 Å². The number of benzene rings is 1. The molecule has 1 aromatic heterocycles. The van der Waals surface area contributed by atoms with Crippen molar-refractivity contribution in [2.24, 2.45) is 40.6 Å². The van der Waals surface area contributed by atoms with Gasteiger partial charge in [-0.3, -0.25) is 9.59 Å². The summed E-state index contributed by atoms with van der Waals surface area (Å²) in [6, 6.07) is 9.22. The first-order chi connectivity index (χ1) is 16.4. The van der Waals surface area contributed by atoms with E-state index in [1.165, 1.54) is 0 Å². The molecule has 0 spiro atoms. The molecule has 5 aliphatic rings. The zero-order chi connectivity index (χ0) is 23.7. The Balaban J connectivity index is 1.25. The van der Waals surface area contributed by atoms with Crippen molar-refractivity contribution >= 4 is 24.0 Å². The van der Waals surface area contributed by atoms with Crippen LogP contribution >= 0.6 is 0 Å². The van der Waals surface area contributed by atoms with Crippen LogP contribution in [0.4, 0.5) is 0 Å². The van der Waals surface area contributed by atoms with Crippen LogP contribution in [0.1, 0.15) is 40.7 Å². The van der Waals surface area contributed by atoms with Gasteiger partial charge in [-0.05, 0) is 81.2 Å².